The van der Waals surface area contributed by atoms with Gasteiger partial charge in [-0.1, -0.05) is 121 Å². The zero-order chi connectivity index (χ0) is 24.0. The van der Waals surface area contributed by atoms with E-state index in [2.05, 4.69) is 5.32 Å². The molecule has 0 fully saturated rings. The summed E-state index contributed by atoms with van der Waals surface area (Å²) in [7, 11) is 0. The van der Waals surface area contributed by atoms with Crippen LogP contribution in [0, 0.1) is 0 Å². The van der Waals surface area contributed by atoms with Gasteiger partial charge in [-0.25, -0.2) is 0 Å². The molecule has 5 heteroatoms. The highest BCUT2D eigenvalue weighted by Crippen LogP contribution is 2.39. The van der Waals surface area contributed by atoms with Gasteiger partial charge in [0, 0.05) is 11.4 Å². The number of rotatable bonds is 8. The molecule has 0 radical (unpaired) electrons. The van der Waals surface area contributed by atoms with E-state index < -0.39 is 17.4 Å². The molecule has 4 nitrogen and oxygen atoms in total. The summed E-state index contributed by atoms with van der Waals surface area (Å²) in [5.74, 6) is -0.969. The van der Waals surface area contributed by atoms with Gasteiger partial charge in [-0.2, -0.15) is 0 Å². The van der Waals surface area contributed by atoms with Crippen molar-refractivity contribution in [3.8, 4) is 0 Å². The molecular weight excluding hydrogens is 444 g/mol. The maximum Gasteiger partial charge on any atom is 0.240 e. The molecule has 34 heavy (non-hydrogen) atoms. The van der Waals surface area contributed by atoms with E-state index in [9.17, 15) is 9.59 Å². The second-order valence-corrected chi connectivity index (χ2v) is 8.48. The number of hydrogen-bond acceptors (Lipinski definition) is 2. The molecule has 1 atom stereocenters. The van der Waals surface area contributed by atoms with Crippen molar-refractivity contribution < 1.29 is 9.59 Å². The van der Waals surface area contributed by atoms with Crippen molar-refractivity contribution in [2.45, 2.75) is 17.9 Å². The minimum absolute atomic E-state index is 0.190. The van der Waals surface area contributed by atoms with Crippen LogP contribution < -0.4 is 11.1 Å². The Labute approximate surface area is 204 Å². The van der Waals surface area contributed by atoms with Gasteiger partial charge in [0.2, 0.25) is 11.8 Å². The Bertz CT molecular complexity index is 1160. The third kappa shape index (κ3) is 4.59. The lowest BCUT2D eigenvalue weighted by Crippen LogP contribution is -2.54. The van der Waals surface area contributed by atoms with Crippen LogP contribution in [0.1, 0.15) is 22.3 Å². The number of carbonyl (C=O) groups excluding carboxylic acids is 2. The minimum atomic E-state index is -1.20. The van der Waals surface area contributed by atoms with Crippen LogP contribution in [0.25, 0.3) is 0 Å². The zero-order valence-corrected chi connectivity index (χ0v) is 19.3. The Balaban J connectivity index is 1.85. The summed E-state index contributed by atoms with van der Waals surface area (Å²) >= 11 is 6.32. The lowest BCUT2D eigenvalue weighted by atomic mass is 9.68. The summed E-state index contributed by atoms with van der Waals surface area (Å²) in [6, 6.07) is 35.0. The average Bonchev–Trinajstić information content (AvgIpc) is 2.87. The summed E-state index contributed by atoms with van der Waals surface area (Å²) in [4.78, 5) is 26.8. The number of benzene rings is 4. The second kappa shape index (κ2) is 10.4. The van der Waals surface area contributed by atoms with E-state index in [0.717, 1.165) is 22.3 Å². The molecule has 0 saturated heterocycles. The molecule has 0 aliphatic rings. The molecule has 0 spiro atoms. The predicted octanol–water partition coefficient (Wildman–Crippen LogP) is 4.89. The first-order valence-corrected chi connectivity index (χ1v) is 11.4. The Kier molecular flexibility index (Phi) is 7.09. The summed E-state index contributed by atoms with van der Waals surface area (Å²) in [6.07, 6.45) is 0.190. The van der Waals surface area contributed by atoms with Crippen LogP contribution in [0.4, 0.5) is 0 Å². The molecule has 0 aliphatic heterocycles. The smallest absolute Gasteiger partial charge is 0.240 e. The predicted molar refractivity (Wildman–Crippen MR) is 135 cm³/mol. The van der Waals surface area contributed by atoms with E-state index in [4.69, 9.17) is 17.3 Å². The van der Waals surface area contributed by atoms with Gasteiger partial charge in [0.15, 0.2) is 0 Å². The van der Waals surface area contributed by atoms with Crippen LogP contribution in [0.15, 0.2) is 115 Å². The van der Waals surface area contributed by atoms with Crippen molar-refractivity contribution in [3.63, 3.8) is 0 Å². The van der Waals surface area contributed by atoms with Gasteiger partial charge in [-0.15, -0.1) is 0 Å². The minimum Gasteiger partial charge on any atom is -0.368 e. The Morgan fingerprint density at radius 3 is 1.53 bits per heavy atom. The fourth-order valence-corrected chi connectivity index (χ4v) is 4.54. The highest BCUT2D eigenvalue weighted by molar-refractivity contribution is 6.31. The van der Waals surface area contributed by atoms with Gasteiger partial charge < -0.3 is 11.1 Å². The van der Waals surface area contributed by atoms with Crippen LogP contribution in [0.3, 0.4) is 0 Å². The monoisotopic (exact) mass is 468 g/mol. The van der Waals surface area contributed by atoms with Crippen molar-refractivity contribution in [3.05, 3.63) is 143 Å². The Morgan fingerprint density at radius 2 is 1.12 bits per heavy atom. The molecule has 0 unspecified atom stereocenters. The van der Waals surface area contributed by atoms with E-state index in [1.807, 2.05) is 109 Å². The molecule has 0 saturated carbocycles. The lowest BCUT2D eigenvalue weighted by Gasteiger charge is -2.35. The van der Waals surface area contributed by atoms with Crippen molar-refractivity contribution in [1.29, 1.82) is 0 Å². The van der Waals surface area contributed by atoms with Crippen LogP contribution >= 0.6 is 11.6 Å². The van der Waals surface area contributed by atoms with Gasteiger partial charge in [-0.05, 0) is 28.3 Å². The maximum absolute atomic E-state index is 14.3. The van der Waals surface area contributed by atoms with Gasteiger partial charge in [0.25, 0.3) is 0 Å². The third-order valence-corrected chi connectivity index (χ3v) is 6.36. The van der Waals surface area contributed by atoms with E-state index >= 15 is 0 Å². The van der Waals surface area contributed by atoms with E-state index in [0.29, 0.717) is 5.02 Å². The Hall–Kier alpha value is -3.89. The fraction of sp³-hybridized carbons (Fsp3) is 0.103. The molecule has 170 valence electrons. The summed E-state index contributed by atoms with van der Waals surface area (Å²) in [6.45, 7) is 0. The highest BCUT2D eigenvalue weighted by atomic mass is 35.5. The third-order valence-electron chi connectivity index (χ3n) is 5.99. The summed E-state index contributed by atoms with van der Waals surface area (Å²) in [5.41, 5.74) is 7.63. The molecule has 4 aromatic rings. The number of primary amides is 1. The quantitative estimate of drug-likeness (QED) is 0.361. The molecule has 0 heterocycles. The van der Waals surface area contributed by atoms with Crippen molar-refractivity contribution in [2.75, 3.05) is 0 Å². The van der Waals surface area contributed by atoms with Crippen LogP contribution in [-0.2, 0) is 21.4 Å². The standard InChI is InChI=1S/C29H25ClN2O2/c30-25-19-11-10-12-21(25)20-26(27(31)33)32-28(34)29(22-13-4-1-5-14-22,23-15-6-2-7-16-23)24-17-8-3-9-18-24/h1-19,26H,20H2,(H2,31,33)(H,32,34)/t26-/m1/s1. The first-order valence-electron chi connectivity index (χ1n) is 11.0. The molecular formula is C29H25ClN2O2. The van der Waals surface area contributed by atoms with Gasteiger partial charge in [0.1, 0.15) is 11.5 Å². The number of nitrogens with two attached hydrogens (primary N) is 1. The average molecular weight is 469 g/mol. The molecule has 2 amide bonds. The van der Waals surface area contributed by atoms with Crippen molar-refractivity contribution >= 4 is 23.4 Å². The van der Waals surface area contributed by atoms with E-state index in [1.54, 1.807) is 6.07 Å². The Morgan fingerprint density at radius 1 is 0.706 bits per heavy atom. The topological polar surface area (TPSA) is 72.2 Å². The number of nitrogens with one attached hydrogen (secondary N) is 1. The van der Waals surface area contributed by atoms with Gasteiger partial charge >= 0.3 is 0 Å². The number of halogens is 1. The first kappa shape index (κ1) is 23.3. The molecule has 4 aromatic carbocycles. The zero-order valence-electron chi connectivity index (χ0n) is 18.5. The molecule has 0 aliphatic carbocycles. The highest BCUT2D eigenvalue weighted by Gasteiger charge is 2.44. The number of carbonyl (C=O) groups is 2. The second-order valence-electron chi connectivity index (χ2n) is 8.07. The van der Waals surface area contributed by atoms with E-state index in [-0.39, 0.29) is 12.3 Å². The van der Waals surface area contributed by atoms with Crippen LogP contribution in [-0.4, -0.2) is 17.9 Å². The lowest BCUT2D eigenvalue weighted by molar-refractivity contribution is -0.129. The normalized spacial score (nSPS) is 12.0. The van der Waals surface area contributed by atoms with Gasteiger partial charge in [-0.3, -0.25) is 9.59 Å². The number of amides is 2. The van der Waals surface area contributed by atoms with Crippen LogP contribution in [0.2, 0.25) is 5.02 Å². The molecule has 3 N–H and O–H groups in total. The number of hydrogen-bond donors (Lipinski definition) is 2. The summed E-state index contributed by atoms with van der Waals surface area (Å²) in [5, 5.41) is 3.47. The van der Waals surface area contributed by atoms with Crippen LogP contribution in [0.5, 0.6) is 0 Å². The largest absolute Gasteiger partial charge is 0.368 e. The first-order chi connectivity index (χ1) is 16.5. The van der Waals surface area contributed by atoms with Gasteiger partial charge in [0.05, 0.1) is 0 Å². The molecule has 4 rings (SSSR count). The fourth-order valence-electron chi connectivity index (χ4n) is 4.33. The molecule has 0 aromatic heterocycles. The summed E-state index contributed by atoms with van der Waals surface area (Å²) < 4.78 is 0. The molecule has 0 bridgehead atoms. The van der Waals surface area contributed by atoms with Crippen molar-refractivity contribution in [1.82, 2.24) is 5.32 Å². The van der Waals surface area contributed by atoms with Crippen molar-refractivity contribution in [2.24, 2.45) is 5.73 Å². The van der Waals surface area contributed by atoms with E-state index in [1.165, 1.54) is 0 Å². The SMILES string of the molecule is NC(=O)[C@@H](Cc1ccccc1Cl)NC(=O)C(c1ccccc1)(c1ccccc1)c1ccccc1. The maximum atomic E-state index is 14.3.